The van der Waals surface area contributed by atoms with Crippen LogP contribution in [0.15, 0.2) is 22.8 Å². The topological polar surface area (TPSA) is 85.1 Å². The van der Waals surface area contributed by atoms with Gasteiger partial charge in [0.15, 0.2) is 0 Å². The number of halogens is 1. The SMILES string of the molecule is NC(=O)CNC(=O)c1ncccc1Br. The highest BCUT2D eigenvalue weighted by molar-refractivity contribution is 9.10. The summed E-state index contributed by atoms with van der Waals surface area (Å²) in [6, 6.07) is 3.38. The van der Waals surface area contributed by atoms with Gasteiger partial charge in [0.1, 0.15) is 5.69 Å². The molecule has 5 nitrogen and oxygen atoms in total. The Bertz CT molecular complexity index is 367. The van der Waals surface area contributed by atoms with Gasteiger partial charge in [-0.3, -0.25) is 9.59 Å². The van der Waals surface area contributed by atoms with Crippen LogP contribution in [0.3, 0.4) is 0 Å². The summed E-state index contributed by atoms with van der Waals surface area (Å²) in [5.74, 6) is -1.03. The van der Waals surface area contributed by atoms with Crippen LogP contribution in [0.25, 0.3) is 0 Å². The van der Waals surface area contributed by atoms with Crippen LogP contribution < -0.4 is 11.1 Å². The van der Waals surface area contributed by atoms with E-state index in [0.717, 1.165) is 0 Å². The number of aromatic nitrogens is 1. The van der Waals surface area contributed by atoms with Crippen molar-refractivity contribution in [3.8, 4) is 0 Å². The molecular formula is C8H8BrN3O2. The highest BCUT2D eigenvalue weighted by Gasteiger charge is 2.10. The molecule has 0 spiro atoms. The maximum Gasteiger partial charge on any atom is 0.271 e. The number of primary amides is 1. The Hall–Kier alpha value is -1.43. The van der Waals surface area contributed by atoms with E-state index >= 15 is 0 Å². The van der Waals surface area contributed by atoms with Gasteiger partial charge in [-0.1, -0.05) is 0 Å². The number of nitrogens with one attached hydrogen (secondary N) is 1. The zero-order chi connectivity index (χ0) is 10.6. The van der Waals surface area contributed by atoms with Crippen LogP contribution in [0.4, 0.5) is 0 Å². The first-order valence-corrected chi connectivity index (χ1v) is 4.57. The summed E-state index contributed by atoms with van der Waals surface area (Å²) < 4.78 is 0.571. The minimum atomic E-state index is -0.592. The van der Waals surface area contributed by atoms with Crippen molar-refractivity contribution in [2.45, 2.75) is 0 Å². The quantitative estimate of drug-likeness (QED) is 0.803. The fourth-order valence-corrected chi connectivity index (χ4v) is 1.24. The molecule has 2 amide bonds. The van der Waals surface area contributed by atoms with Gasteiger partial charge in [-0.05, 0) is 28.1 Å². The second kappa shape index (κ2) is 4.71. The van der Waals surface area contributed by atoms with Gasteiger partial charge in [-0.2, -0.15) is 0 Å². The maximum atomic E-state index is 11.4. The van der Waals surface area contributed by atoms with E-state index in [2.05, 4.69) is 26.2 Å². The molecule has 0 unspecified atom stereocenters. The third-order valence-electron chi connectivity index (χ3n) is 1.40. The van der Waals surface area contributed by atoms with Crippen molar-refractivity contribution >= 4 is 27.7 Å². The second-order valence-corrected chi connectivity index (χ2v) is 3.34. The number of rotatable bonds is 3. The Labute approximate surface area is 88.8 Å². The second-order valence-electron chi connectivity index (χ2n) is 2.48. The Morgan fingerprint density at radius 3 is 2.86 bits per heavy atom. The minimum absolute atomic E-state index is 0.193. The number of carbonyl (C=O) groups excluding carboxylic acids is 2. The van der Waals surface area contributed by atoms with Crippen molar-refractivity contribution in [2.75, 3.05) is 6.54 Å². The number of hydrogen-bond donors (Lipinski definition) is 2. The summed E-state index contributed by atoms with van der Waals surface area (Å²) in [4.78, 5) is 25.6. The Kier molecular flexibility index (Phi) is 3.58. The van der Waals surface area contributed by atoms with E-state index in [0.29, 0.717) is 4.47 Å². The Balaban J connectivity index is 2.70. The average molecular weight is 258 g/mol. The summed E-state index contributed by atoms with van der Waals surface area (Å²) in [6.45, 7) is -0.193. The van der Waals surface area contributed by atoms with E-state index in [9.17, 15) is 9.59 Å². The highest BCUT2D eigenvalue weighted by atomic mass is 79.9. The van der Waals surface area contributed by atoms with Crippen LogP contribution in [-0.2, 0) is 4.79 Å². The standard InChI is InChI=1S/C8H8BrN3O2/c9-5-2-1-3-11-7(5)8(14)12-4-6(10)13/h1-3H,4H2,(H2,10,13)(H,12,14). The summed E-state index contributed by atoms with van der Waals surface area (Å²) in [5, 5.41) is 2.33. The molecule has 74 valence electrons. The molecule has 0 radical (unpaired) electrons. The largest absolute Gasteiger partial charge is 0.368 e. The van der Waals surface area contributed by atoms with Gasteiger partial charge in [-0.15, -0.1) is 0 Å². The molecule has 6 heteroatoms. The normalized spacial score (nSPS) is 9.50. The predicted octanol–water partition coefficient (Wildman–Crippen LogP) is 0.0592. The molecule has 1 rings (SSSR count). The first kappa shape index (κ1) is 10.6. The van der Waals surface area contributed by atoms with Gasteiger partial charge < -0.3 is 11.1 Å². The number of carbonyl (C=O) groups is 2. The average Bonchev–Trinajstić information content (AvgIpc) is 2.15. The summed E-state index contributed by atoms with van der Waals surface area (Å²) in [5.41, 5.74) is 5.10. The summed E-state index contributed by atoms with van der Waals surface area (Å²) >= 11 is 3.16. The lowest BCUT2D eigenvalue weighted by Gasteiger charge is -2.02. The smallest absolute Gasteiger partial charge is 0.271 e. The van der Waals surface area contributed by atoms with Crippen molar-refractivity contribution in [3.63, 3.8) is 0 Å². The van der Waals surface area contributed by atoms with Gasteiger partial charge in [0.05, 0.1) is 6.54 Å². The molecule has 0 aromatic carbocycles. The summed E-state index contributed by atoms with van der Waals surface area (Å²) in [6.07, 6.45) is 1.49. The molecule has 14 heavy (non-hydrogen) atoms. The van der Waals surface area contributed by atoms with E-state index in [-0.39, 0.29) is 12.2 Å². The van der Waals surface area contributed by atoms with Crippen molar-refractivity contribution in [1.82, 2.24) is 10.3 Å². The molecule has 1 heterocycles. The molecule has 0 bridgehead atoms. The molecule has 0 aliphatic carbocycles. The van der Waals surface area contributed by atoms with E-state index in [1.165, 1.54) is 6.20 Å². The number of nitrogens with two attached hydrogens (primary N) is 1. The van der Waals surface area contributed by atoms with Gasteiger partial charge in [-0.25, -0.2) is 4.98 Å². The molecule has 0 saturated carbocycles. The van der Waals surface area contributed by atoms with E-state index < -0.39 is 11.8 Å². The van der Waals surface area contributed by atoms with Gasteiger partial charge >= 0.3 is 0 Å². The van der Waals surface area contributed by atoms with E-state index in [1.807, 2.05) is 0 Å². The van der Waals surface area contributed by atoms with Crippen LogP contribution in [0.1, 0.15) is 10.5 Å². The fourth-order valence-electron chi connectivity index (χ4n) is 0.804. The molecule has 1 aromatic heterocycles. The number of pyridine rings is 1. The van der Waals surface area contributed by atoms with Crippen molar-refractivity contribution in [1.29, 1.82) is 0 Å². The fraction of sp³-hybridized carbons (Fsp3) is 0.125. The summed E-state index contributed by atoms with van der Waals surface area (Å²) in [7, 11) is 0. The van der Waals surface area contributed by atoms with E-state index in [1.54, 1.807) is 12.1 Å². The third kappa shape index (κ3) is 2.81. The van der Waals surface area contributed by atoms with Crippen LogP contribution >= 0.6 is 15.9 Å². The predicted molar refractivity (Wildman–Crippen MR) is 53.5 cm³/mol. The lowest BCUT2D eigenvalue weighted by molar-refractivity contribution is -0.117. The monoisotopic (exact) mass is 257 g/mol. The van der Waals surface area contributed by atoms with Gasteiger partial charge in [0, 0.05) is 10.7 Å². The van der Waals surface area contributed by atoms with E-state index in [4.69, 9.17) is 5.73 Å². The lowest BCUT2D eigenvalue weighted by Crippen LogP contribution is -2.33. The molecule has 0 fully saturated rings. The zero-order valence-corrected chi connectivity index (χ0v) is 8.74. The number of hydrogen-bond acceptors (Lipinski definition) is 3. The highest BCUT2D eigenvalue weighted by Crippen LogP contribution is 2.12. The first-order chi connectivity index (χ1) is 6.61. The molecule has 3 N–H and O–H groups in total. The Morgan fingerprint density at radius 2 is 2.29 bits per heavy atom. The number of nitrogens with zero attached hydrogens (tertiary/aromatic N) is 1. The van der Waals surface area contributed by atoms with Crippen molar-refractivity contribution in [3.05, 3.63) is 28.5 Å². The number of amides is 2. The minimum Gasteiger partial charge on any atom is -0.368 e. The molecule has 0 atom stereocenters. The zero-order valence-electron chi connectivity index (χ0n) is 7.16. The van der Waals surface area contributed by atoms with Crippen molar-refractivity contribution in [2.24, 2.45) is 5.73 Å². The molecule has 0 aliphatic rings. The van der Waals surface area contributed by atoms with Crippen molar-refractivity contribution < 1.29 is 9.59 Å². The van der Waals surface area contributed by atoms with Gasteiger partial charge in [0.2, 0.25) is 5.91 Å². The first-order valence-electron chi connectivity index (χ1n) is 3.78. The van der Waals surface area contributed by atoms with Crippen LogP contribution in [0.2, 0.25) is 0 Å². The molecular weight excluding hydrogens is 250 g/mol. The third-order valence-corrected chi connectivity index (χ3v) is 2.04. The van der Waals surface area contributed by atoms with Crippen LogP contribution in [-0.4, -0.2) is 23.3 Å². The van der Waals surface area contributed by atoms with Crippen LogP contribution in [0, 0.1) is 0 Å². The Morgan fingerprint density at radius 1 is 1.57 bits per heavy atom. The van der Waals surface area contributed by atoms with Crippen LogP contribution in [0.5, 0.6) is 0 Å². The molecule has 0 aliphatic heterocycles. The van der Waals surface area contributed by atoms with Gasteiger partial charge in [0.25, 0.3) is 5.91 Å². The molecule has 0 saturated heterocycles. The maximum absolute atomic E-state index is 11.4. The lowest BCUT2D eigenvalue weighted by atomic mass is 10.3. The molecule has 1 aromatic rings.